The normalized spacial score (nSPS) is 15.6. The predicted molar refractivity (Wildman–Crippen MR) is 69.6 cm³/mol. The van der Waals surface area contributed by atoms with Crippen LogP contribution in [0.25, 0.3) is 0 Å². The summed E-state index contributed by atoms with van der Waals surface area (Å²) in [7, 11) is 0. The molecule has 0 bridgehead atoms. The third kappa shape index (κ3) is 2.25. The van der Waals surface area contributed by atoms with E-state index in [1.807, 2.05) is 0 Å². The Morgan fingerprint density at radius 3 is 2.72 bits per heavy atom. The maximum absolute atomic E-state index is 14.0. The molecular weight excluding hydrogens is 233 g/mol. The van der Waals surface area contributed by atoms with Crippen molar-refractivity contribution < 1.29 is 9.50 Å². The van der Waals surface area contributed by atoms with Crippen molar-refractivity contribution in [2.45, 2.75) is 13.8 Å². The van der Waals surface area contributed by atoms with E-state index in [0.29, 0.717) is 29.4 Å². The van der Waals surface area contributed by atoms with Crippen molar-refractivity contribution in [3.05, 3.63) is 41.0 Å². The number of hydrogen-bond acceptors (Lipinski definition) is 4. The van der Waals surface area contributed by atoms with Crippen LogP contribution in [0.2, 0.25) is 0 Å². The number of nitrogens with zero attached hydrogens (tertiary/aromatic N) is 2. The van der Waals surface area contributed by atoms with E-state index in [-0.39, 0.29) is 11.3 Å². The average Bonchev–Trinajstić information content (AvgIpc) is 2.39. The van der Waals surface area contributed by atoms with Crippen molar-refractivity contribution in [2.75, 3.05) is 6.54 Å². The van der Waals surface area contributed by atoms with E-state index in [9.17, 15) is 9.50 Å². The van der Waals surface area contributed by atoms with E-state index in [4.69, 9.17) is 5.73 Å². The van der Waals surface area contributed by atoms with Gasteiger partial charge in [-0.25, -0.2) is 9.38 Å². The molecule has 4 nitrogen and oxygen atoms in total. The Kier molecular flexibility index (Phi) is 3.14. The number of rotatable bonds is 1. The monoisotopic (exact) mass is 247 g/mol. The third-order valence-corrected chi connectivity index (χ3v) is 2.64. The van der Waals surface area contributed by atoms with E-state index in [1.165, 1.54) is 12.1 Å². The van der Waals surface area contributed by atoms with Crippen LogP contribution < -0.4 is 5.73 Å². The van der Waals surface area contributed by atoms with Crippen LogP contribution in [0.4, 0.5) is 4.39 Å². The molecule has 5 heteroatoms. The Morgan fingerprint density at radius 2 is 2.06 bits per heavy atom. The Balaban J connectivity index is 2.57. The highest BCUT2D eigenvalue weighted by molar-refractivity contribution is 6.48. The lowest BCUT2D eigenvalue weighted by Crippen LogP contribution is -2.15. The second-order valence-corrected chi connectivity index (χ2v) is 4.16. The quantitative estimate of drug-likeness (QED) is 0.795. The standard InChI is InChI=1S/C13H14FN3O/c1-7-5-9(14)12(10(18)6-7)13-8(2)17-11(15)3-4-16-13/h3,5-6,18H,4,15H2,1-2H3. The summed E-state index contributed by atoms with van der Waals surface area (Å²) in [5.74, 6) is -0.305. The highest BCUT2D eigenvalue weighted by atomic mass is 19.1. The number of aryl methyl sites for hydroxylation is 1. The molecule has 0 fully saturated rings. The fraction of sp³-hybridized carbons (Fsp3) is 0.231. The van der Waals surface area contributed by atoms with E-state index in [0.717, 1.165) is 0 Å². The molecule has 1 heterocycles. The maximum Gasteiger partial charge on any atom is 0.136 e. The molecule has 3 N–H and O–H groups in total. The lowest BCUT2D eigenvalue weighted by Gasteiger charge is -2.09. The first-order valence-corrected chi connectivity index (χ1v) is 5.54. The summed E-state index contributed by atoms with van der Waals surface area (Å²) >= 11 is 0. The molecule has 94 valence electrons. The molecule has 0 unspecified atom stereocenters. The van der Waals surface area contributed by atoms with Crippen LogP contribution in [0.1, 0.15) is 18.1 Å². The number of phenols is 1. The largest absolute Gasteiger partial charge is 0.507 e. The molecule has 18 heavy (non-hydrogen) atoms. The lowest BCUT2D eigenvalue weighted by molar-refractivity contribution is 0.467. The third-order valence-electron chi connectivity index (χ3n) is 2.64. The van der Waals surface area contributed by atoms with E-state index in [2.05, 4.69) is 9.98 Å². The smallest absolute Gasteiger partial charge is 0.136 e. The number of aromatic hydroxyl groups is 1. The highest BCUT2D eigenvalue weighted by Crippen LogP contribution is 2.24. The topological polar surface area (TPSA) is 71.0 Å². The number of phenolic OH excluding ortho intramolecular Hbond substituents is 1. The molecule has 1 aliphatic heterocycles. The molecule has 0 amide bonds. The number of hydrogen-bond donors (Lipinski definition) is 2. The van der Waals surface area contributed by atoms with Crippen molar-refractivity contribution >= 4 is 11.4 Å². The van der Waals surface area contributed by atoms with Gasteiger partial charge in [0.2, 0.25) is 0 Å². The number of benzene rings is 1. The first kappa shape index (κ1) is 12.3. The van der Waals surface area contributed by atoms with Crippen molar-refractivity contribution in [1.82, 2.24) is 0 Å². The molecule has 0 saturated carbocycles. The van der Waals surface area contributed by atoms with Gasteiger partial charge in [-0.05, 0) is 37.6 Å². The molecule has 0 aliphatic carbocycles. The molecule has 1 aliphatic rings. The maximum atomic E-state index is 14.0. The fourth-order valence-corrected chi connectivity index (χ4v) is 1.86. The van der Waals surface area contributed by atoms with Crippen LogP contribution in [0.3, 0.4) is 0 Å². The molecule has 0 atom stereocenters. The lowest BCUT2D eigenvalue weighted by atomic mass is 10.0. The summed E-state index contributed by atoms with van der Waals surface area (Å²) in [4.78, 5) is 8.29. The molecule has 0 spiro atoms. The van der Waals surface area contributed by atoms with Crippen LogP contribution in [0, 0.1) is 12.7 Å². The molecule has 0 aromatic heterocycles. The predicted octanol–water partition coefficient (Wildman–Crippen LogP) is 1.90. The van der Waals surface area contributed by atoms with Crippen molar-refractivity contribution in [2.24, 2.45) is 15.7 Å². The van der Waals surface area contributed by atoms with Gasteiger partial charge in [-0.1, -0.05) is 0 Å². The minimum absolute atomic E-state index is 0.0740. The van der Waals surface area contributed by atoms with E-state index >= 15 is 0 Å². The number of aliphatic imine (C=N–C) groups is 2. The van der Waals surface area contributed by atoms with Crippen LogP contribution in [-0.4, -0.2) is 23.1 Å². The van der Waals surface area contributed by atoms with Gasteiger partial charge >= 0.3 is 0 Å². The second-order valence-electron chi connectivity index (χ2n) is 4.16. The SMILES string of the molecule is CC1=NC(N)=CCN=C1c1c(O)cc(C)cc1F. The second kappa shape index (κ2) is 4.60. The minimum Gasteiger partial charge on any atom is -0.507 e. The van der Waals surface area contributed by atoms with Crippen LogP contribution in [-0.2, 0) is 0 Å². The van der Waals surface area contributed by atoms with Gasteiger partial charge in [-0.3, -0.25) is 4.99 Å². The molecule has 2 rings (SSSR count). The Hall–Kier alpha value is -2.17. The highest BCUT2D eigenvalue weighted by Gasteiger charge is 2.19. The van der Waals surface area contributed by atoms with Crippen LogP contribution in [0.5, 0.6) is 5.75 Å². The van der Waals surface area contributed by atoms with Crippen molar-refractivity contribution in [3.63, 3.8) is 0 Å². The zero-order valence-electron chi connectivity index (χ0n) is 10.2. The van der Waals surface area contributed by atoms with Crippen LogP contribution >= 0.6 is 0 Å². The van der Waals surface area contributed by atoms with Gasteiger partial charge in [0.05, 0.1) is 23.5 Å². The van der Waals surface area contributed by atoms with E-state index < -0.39 is 5.82 Å². The average molecular weight is 247 g/mol. The van der Waals surface area contributed by atoms with Crippen molar-refractivity contribution in [3.8, 4) is 5.75 Å². The summed E-state index contributed by atoms with van der Waals surface area (Å²) in [5, 5.41) is 9.88. The number of nitrogens with two attached hydrogens (primary N) is 1. The Morgan fingerprint density at radius 1 is 1.33 bits per heavy atom. The molecule has 0 radical (unpaired) electrons. The van der Waals surface area contributed by atoms with Gasteiger partial charge < -0.3 is 10.8 Å². The summed E-state index contributed by atoms with van der Waals surface area (Å²) in [6.45, 7) is 3.71. The summed E-state index contributed by atoms with van der Waals surface area (Å²) in [6.07, 6.45) is 1.64. The molecular formula is C13H14FN3O. The number of halogens is 1. The van der Waals surface area contributed by atoms with Gasteiger partial charge in [0.15, 0.2) is 0 Å². The Labute approximate surface area is 104 Å². The first-order valence-electron chi connectivity index (χ1n) is 5.54. The van der Waals surface area contributed by atoms with Gasteiger partial charge in [-0.15, -0.1) is 0 Å². The summed E-state index contributed by atoms with van der Waals surface area (Å²) in [6, 6.07) is 2.85. The summed E-state index contributed by atoms with van der Waals surface area (Å²) < 4.78 is 14.0. The zero-order chi connectivity index (χ0) is 13.3. The van der Waals surface area contributed by atoms with E-state index in [1.54, 1.807) is 19.9 Å². The van der Waals surface area contributed by atoms with Crippen LogP contribution in [0.15, 0.2) is 34.0 Å². The van der Waals surface area contributed by atoms with Gasteiger partial charge in [0.1, 0.15) is 17.4 Å². The van der Waals surface area contributed by atoms with Gasteiger partial charge in [-0.2, -0.15) is 0 Å². The first-order chi connectivity index (χ1) is 8.49. The van der Waals surface area contributed by atoms with Crippen molar-refractivity contribution in [1.29, 1.82) is 0 Å². The molecule has 0 saturated heterocycles. The Bertz CT molecular complexity index is 565. The minimum atomic E-state index is -0.513. The zero-order valence-corrected chi connectivity index (χ0v) is 10.2. The van der Waals surface area contributed by atoms with Gasteiger partial charge in [0.25, 0.3) is 0 Å². The molecule has 1 aromatic carbocycles. The fourth-order valence-electron chi connectivity index (χ4n) is 1.86. The van der Waals surface area contributed by atoms with Gasteiger partial charge in [0, 0.05) is 0 Å². The molecule has 1 aromatic rings. The summed E-state index contributed by atoms with van der Waals surface area (Å²) in [5.41, 5.74) is 7.15.